The molecule has 0 fully saturated rings. The van der Waals surface area contributed by atoms with Gasteiger partial charge in [-0.05, 0) is 12.1 Å². The average Bonchev–Trinajstić information content (AvgIpc) is 2.85. The fourth-order valence-electron chi connectivity index (χ4n) is 1.51. The van der Waals surface area contributed by atoms with E-state index in [1.54, 1.807) is 25.3 Å². The number of ether oxygens (including phenoxy) is 2. The highest BCUT2D eigenvalue weighted by Gasteiger charge is 2.14. The van der Waals surface area contributed by atoms with Crippen molar-refractivity contribution in [3.63, 3.8) is 0 Å². The van der Waals surface area contributed by atoms with E-state index in [-0.39, 0.29) is 17.8 Å². The van der Waals surface area contributed by atoms with Crippen molar-refractivity contribution in [2.45, 2.75) is 6.92 Å². The first kappa shape index (κ1) is 12.9. The Kier molecular flexibility index (Phi) is 3.65. The van der Waals surface area contributed by atoms with E-state index < -0.39 is 0 Å². The third-order valence-corrected chi connectivity index (χ3v) is 2.35. The van der Waals surface area contributed by atoms with E-state index in [0.717, 1.165) is 0 Å². The molecule has 0 bridgehead atoms. The quantitative estimate of drug-likeness (QED) is 0.903. The number of benzene rings is 1. The maximum Gasteiger partial charge on any atom is 0.322 e. The second-order valence-corrected chi connectivity index (χ2v) is 3.66. The van der Waals surface area contributed by atoms with Gasteiger partial charge in [0, 0.05) is 13.0 Å². The van der Waals surface area contributed by atoms with Gasteiger partial charge in [0.2, 0.25) is 5.91 Å². The summed E-state index contributed by atoms with van der Waals surface area (Å²) in [5.41, 5.74) is 0.618. The van der Waals surface area contributed by atoms with Crippen LogP contribution >= 0.6 is 0 Å². The van der Waals surface area contributed by atoms with Crippen LogP contribution in [0, 0.1) is 0 Å². The first-order valence-corrected chi connectivity index (χ1v) is 5.47. The van der Waals surface area contributed by atoms with E-state index in [1.165, 1.54) is 14.0 Å². The van der Waals surface area contributed by atoms with Crippen LogP contribution in [-0.4, -0.2) is 30.3 Å². The number of nitrogens with one attached hydrogen (secondary N) is 1. The molecule has 100 valence electrons. The molecular weight excluding hydrogens is 250 g/mol. The molecule has 0 saturated carbocycles. The first-order valence-electron chi connectivity index (χ1n) is 5.47. The Bertz CT molecular complexity index is 594. The summed E-state index contributed by atoms with van der Waals surface area (Å²) in [6, 6.07) is 5.24. The van der Waals surface area contributed by atoms with Crippen LogP contribution in [0.15, 0.2) is 22.6 Å². The Hall–Kier alpha value is -2.57. The van der Waals surface area contributed by atoms with Gasteiger partial charge in [-0.1, -0.05) is 5.10 Å². The molecule has 0 saturated heterocycles. The Morgan fingerprint density at radius 2 is 2.05 bits per heavy atom. The zero-order chi connectivity index (χ0) is 13.8. The SMILES string of the molecule is COc1ccc(-c2nnc(NC(C)=O)o2)c(OC)c1. The lowest BCUT2D eigenvalue weighted by molar-refractivity contribution is -0.114. The topological polar surface area (TPSA) is 86.5 Å². The molecule has 1 N–H and O–H groups in total. The number of aromatic nitrogens is 2. The van der Waals surface area contributed by atoms with Crippen LogP contribution in [-0.2, 0) is 4.79 Å². The number of rotatable bonds is 4. The molecule has 1 heterocycles. The van der Waals surface area contributed by atoms with Gasteiger partial charge in [-0.2, -0.15) is 0 Å². The van der Waals surface area contributed by atoms with Crippen LogP contribution in [0.3, 0.4) is 0 Å². The van der Waals surface area contributed by atoms with E-state index in [0.29, 0.717) is 17.1 Å². The highest BCUT2D eigenvalue weighted by molar-refractivity contribution is 5.86. The van der Waals surface area contributed by atoms with Crippen molar-refractivity contribution in [1.29, 1.82) is 0 Å². The number of hydrogen-bond donors (Lipinski definition) is 1. The van der Waals surface area contributed by atoms with Crippen molar-refractivity contribution in [2.75, 3.05) is 19.5 Å². The highest BCUT2D eigenvalue weighted by Crippen LogP contribution is 2.32. The zero-order valence-corrected chi connectivity index (χ0v) is 10.8. The Balaban J connectivity index is 2.35. The van der Waals surface area contributed by atoms with Crippen molar-refractivity contribution in [3.8, 4) is 23.0 Å². The van der Waals surface area contributed by atoms with E-state index in [9.17, 15) is 4.79 Å². The van der Waals surface area contributed by atoms with E-state index in [1.807, 2.05) is 0 Å². The van der Waals surface area contributed by atoms with Gasteiger partial charge < -0.3 is 13.9 Å². The normalized spacial score (nSPS) is 10.1. The van der Waals surface area contributed by atoms with Gasteiger partial charge in [-0.3, -0.25) is 10.1 Å². The summed E-state index contributed by atoms with van der Waals surface area (Å²) in [5, 5.41) is 9.98. The number of nitrogens with zero attached hydrogens (tertiary/aromatic N) is 2. The van der Waals surface area contributed by atoms with Gasteiger partial charge in [-0.15, -0.1) is 5.10 Å². The zero-order valence-electron chi connectivity index (χ0n) is 10.8. The molecule has 0 radical (unpaired) electrons. The lowest BCUT2D eigenvalue weighted by Gasteiger charge is -2.07. The fourth-order valence-corrected chi connectivity index (χ4v) is 1.51. The molecule has 1 amide bonds. The number of carbonyl (C=O) groups excluding carboxylic acids is 1. The third kappa shape index (κ3) is 2.82. The highest BCUT2D eigenvalue weighted by atomic mass is 16.5. The van der Waals surface area contributed by atoms with Gasteiger partial charge in [0.1, 0.15) is 11.5 Å². The maximum atomic E-state index is 10.9. The Labute approximate surface area is 109 Å². The van der Waals surface area contributed by atoms with Gasteiger partial charge in [0.25, 0.3) is 5.89 Å². The number of carbonyl (C=O) groups is 1. The average molecular weight is 263 g/mol. The molecule has 0 aliphatic heterocycles. The van der Waals surface area contributed by atoms with Crippen LogP contribution in [0.1, 0.15) is 6.92 Å². The minimum atomic E-state index is -0.281. The fraction of sp³-hybridized carbons (Fsp3) is 0.250. The smallest absolute Gasteiger partial charge is 0.322 e. The maximum absolute atomic E-state index is 10.9. The minimum absolute atomic E-state index is 0.0420. The molecule has 0 unspecified atom stereocenters. The monoisotopic (exact) mass is 263 g/mol. The van der Waals surface area contributed by atoms with Gasteiger partial charge in [0.15, 0.2) is 0 Å². The number of hydrogen-bond acceptors (Lipinski definition) is 6. The molecule has 7 nitrogen and oxygen atoms in total. The Morgan fingerprint density at radius 3 is 2.68 bits per heavy atom. The Morgan fingerprint density at radius 1 is 1.26 bits per heavy atom. The third-order valence-electron chi connectivity index (χ3n) is 2.35. The summed E-state index contributed by atoms with van der Waals surface area (Å²) < 4.78 is 15.7. The minimum Gasteiger partial charge on any atom is -0.497 e. The molecule has 0 spiro atoms. The van der Waals surface area contributed by atoms with Crippen LogP contribution in [0.25, 0.3) is 11.5 Å². The van der Waals surface area contributed by atoms with Crippen molar-refractivity contribution in [2.24, 2.45) is 0 Å². The van der Waals surface area contributed by atoms with Crippen LogP contribution in [0.5, 0.6) is 11.5 Å². The molecule has 0 atom stereocenters. The number of anilines is 1. The van der Waals surface area contributed by atoms with Crippen LogP contribution in [0.4, 0.5) is 6.01 Å². The predicted molar refractivity (Wildman–Crippen MR) is 67.1 cm³/mol. The van der Waals surface area contributed by atoms with E-state index >= 15 is 0 Å². The molecule has 2 rings (SSSR count). The van der Waals surface area contributed by atoms with Crippen molar-refractivity contribution < 1.29 is 18.7 Å². The summed E-state index contributed by atoms with van der Waals surface area (Å²) in [6.07, 6.45) is 0. The van der Waals surface area contributed by atoms with Gasteiger partial charge in [0.05, 0.1) is 19.8 Å². The van der Waals surface area contributed by atoms with Crippen LogP contribution < -0.4 is 14.8 Å². The molecule has 0 aliphatic carbocycles. The van der Waals surface area contributed by atoms with E-state index in [4.69, 9.17) is 13.9 Å². The summed E-state index contributed by atoms with van der Waals surface area (Å²) in [7, 11) is 3.10. The number of amides is 1. The molecule has 0 aliphatic rings. The van der Waals surface area contributed by atoms with Crippen molar-refractivity contribution in [3.05, 3.63) is 18.2 Å². The second kappa shape index (κ2) is 5.38. The largest absolute Gasteiger partial charge is 0.497 e. The summed E-state index contributed by atoms with van der Waals surface area (Å²) in [4.78, 5) is 10.9. The lowest BCUT2D eigenvalue weighted by Crippen LogP contribution is -2.05. The predicted octanol–water partition coefficient (Wildman–Crippen LogP) is 1.71. The molecular formula is C12H13N3O4. The van der Waals surface area contributed by atoms with Crippen molar-refractivity contribution >= 4 is 11.9 Å². The van der Waals surface area contributed by atoms with Gasteiger partial charge in [-0.25, -0.2) is 0 Å². The van der Waals surface area contributed by atoms with Gasteiger partial charge >= 0.3 is 6.01 Å². The second-order valence-electron chi connectivity index (χ2n) is 3.66. The summed E-state index contributed by atoms with van der Waals surface area (Å²) in [5.74, 6) is 1.17. The van der Waals surface area contributed by atoms with E-state index in [2.05, 4.69) is 15.5 Å². The van der Waals surface area contributed by atoms with Crippen LogP contribution in [0.2, 0.25) is 0 Å². The lowest BCUT2D eigenvalue weighted by atomic mass is 10.2. The van der Waals surface area contributed by atoms with Crippen molar-refractivity contribution in [1.82, 2.24) is 10.2 Å². The molecule has 2 aromatic rings. The summed E-state index contributed by atoms with van der Waals surface area (Å²) >= 11 is 0. The molecule has 1 aromatic heterocycles. The standard InChI is InChI=1S/C12H13N3O4/c1-7(16)13-12-15-14-11(19-12)9-5-4-8(17-2)6-10(9)18-3/h4-6H,1-3H3,(H,13,15,16). The first-order chi connectivity index (χ1) is 9.13. The molecule has 1 aromatic carbocycles. The summed E-state index contributed by atoms with van der Waals surface area (Å²) in [6.45, 7) is 1.36. The number of methoxy groups -OCH3 is 2. The molecule has 7 heteroatoms. The molecule has 19 heavy (non-hydrogen) atoms.